The van der Waals surface area contributed by atoms with Crippen molar-refractivity contribution < 1.29 is 5.11 Å². The molecule has 2 heteroatoms. The monoisotopic (exact) mass is 244 g/mol. The Kier molecular flexibility index (Phi) is 3.75. The van der Waals surface area contributed by atoms with Crippen LogP contribution in [0, 0.1) is 6.92 Å². The van der Waals surface area contributed by atoms with E-state index in [1.165, 1.54) is 11.1 Å². The molecule has 0 aliphatic rings. The van der Waals surface area contributed by atoms with Gasteiger partial charge in [0.1, 0.15) is 5.75 Å². The number of thiol groups is 1. The largest absolute Gasteiger partial charge is 0.508 e. The molecule has 0 bridgehead atoms. The van der Waals surface area contributed by atoms with E-state index < -0.39 is 0 Å². The molecule has 17 heavy (non-hydrogen) atoms. The van der Waals surface area contributed by atoms with E-state index in [2.05, 4.69) is 37.8 Å². The third kappa shape index (κ3) is 3.04. The lowest BCUT2D eigenvalue weighted by atomic mass is 10.0. The minimum Gasteiger partial charge on any atom is -0.508 e. The van der Waals surface area contributed by atoms with Gasteiger partial charge in [-0.1, -0.05) is 36.4 Å². The van der Waals surface area contributed by atoms with Crippen molar-refractivity contribution in [3.8, 4) is 5.75 Å². The van der Waals surface area contributed by atoms with Crippen LogP contribution in [-0.4, -0.2) is 5.11 Å². The molecular weight excluding hydrogens is 228 g/mol. The van der Waals surface area contributed by atoms with Crippen LogP contribution in [0.25, 0.3) is 0 Å². The van der Waals surface area contributed by atoms with Crippen LogP contribution in [0.5, 0.6) is 5.75 Å². The molecule has 0 aliphatic carbocycles. The van der Waals surface area contributed by atoms with Gasteiger partial charge in [-0.25, -0.2) is 0 Å². The van der Waals surface area contributed by atoms with Crippen LogP contribution in [0.3, 0.4) is 0 Å². The highest BCUT2D eigenvalue weighted by Crippen LogP contribution is 2.26. The summed E-state index contributed by atoms with van der Waals surface area (Å²) in [7, 11) is 0. The van der Waals surface area contributed by atoms with Crippen LogP contribution < -0.4 is 0 Å². The molecule has 0 spiro atoms. The van der Waals surface area contributed by atoms with Crippen molar-refractivity contribution >= 4 is 12.6 Å². The van der Waals surface area contributed by atoms with Gasteiger partial charge in [0.05, 0.1) is 0 Å². The Morgan fingerprint density at radius 2 is 1.71 bits per heavy atom. The normalized spacial score (nSPS) is 12.4. The third-order valence-electron chi connectivity index (χ3n) is 2.95. The highest BCUT2D eigenvalue weighted by atomic mass is 32.1. The molecule has 0 saturated carbocycles. The highest BCUT2D eigenvalue weighted by Gasteiger charge is 2.08. The van der Waals surface area contributed by atoms with Gasteiger partial charge in [0.2, 0.25) is 0 Å². The van der Waals surface area contributed by atoms with E-state index in [-0.39, 0.29) is 5.25 Å². The molecular formula is C15H16OS. The Hall–Kier alpha value is -1.41. The first-order valence-electron chi connectivity index (χ1n) is 5.68. The summed E-state index contributed by atoms with van der Waals surface area (Å²) in [5.74, 6) is 0.296. The molecule has 0 aliphatic heterocycles. The fourth-order valence-corrected chi connectivity index (χ4v) is 2.23. The van der Waals surface area contributed by atoms with Gasteiger partial charge in [-0.2, -0.15) is 12.6 Å². The zero-order valence-corrected chi connectivity index (χ0v) is 10.7. The predicted octanol–water partition coefficient (Wildman–Crippen LogP) is 3.91. The summed E-state index contributed by atoms with van der Waals surface area (Å²) in [6, 6.07) is 15.6. The zero-order valence-electron chi connectivity index (χ0n) is 9.80. The molecule has 0 aromatic heterocycles. The summed E-state index contributed by atoms with van der Waals surface area (Å²) in [5, 5.41) is 9.41. The number of aromatic hydroxyl groups is 1. The van der Waals surface area contributed by atoms with Crippen molar-refractivity contribution in [1.29, 1.82) is 0 Å². The first-order chi connectivity index (χ1) is 8.16. The number of phenolic OH excluding ortho intramolecular Hbond substituents is 1. The van der Waals surface area contributed by atoms with E-state index in [0.717, 1.165) is 12.0 Å². The van der Waals surface area contributed by atoms with Gasteiger partial charge in [0, 0.05) is 5.25 Å². The Labute approximate surface area is 108 Å². The van der Waals surface area contributed by atoms with Crippen LogP contribution in [0.1, 0.15) is 21.9 Å². The predicted molar refractivity (Wildman–Crippen MR) is 74.7 cm³/mol. The Morgan fingerprint density at radius 1 is 1.06 bits per heavy atom. The lowest BCUT2D eigenvalue weighted by molar-refractivity contribution is 0.475. The van der Waals surface area contributed by atoms with E-state index in [4.69, 9.17) is 0 Å². The third-order valence-corrected chi connectivity index (χ3v) is 3.43. The number of aryl methyl sites for hydroxylation is 1. The molecule has 0 fully saturated rings. The van der Waals surface area contributed by atoms with E-state index in [1.54, 1.807) is 12.1 Å². The lowest BCUT2D eigenvalue weighted by Gasteiger charge is -2.13. The molecule has 1 N–H and O–H groups in total. The quantitative estimate of drug-likeness (QED) is 0.784. The fourth-order valence-electron chi connectivity index (χ4n) is 1.86. The number of phenols is 1. The standard InChI is InChI=1S/C15H16OS/c1-11-4-2-3-5-13(11)10-15(17)12-6-8-14(16)9-7-12/h2-9,15-17H,10H2,1H3. The second-order valence-corrected chi connectivity index (χ2v) is 4.86. The zero-order chi connectivity index (χ0) is 12.3. The fraction of sp³-hybridized carbons (Fsp3) is 0.200. The topological polar surface area (TPSA) is 20.2 Å². The van der Waals surface area contributed by atoms with Crippen LogP contribution in [0.2, 0.25) is 0 Å². The maximum absolute atomic E-state index is 9.25. The minimum atomic E-state index is 0.164. The molecule has 2 aromatic rings. The van der Waals surface area contributed by atoms with Gasteiger partial charge < -0.3 is 5.11 Å². The summed E-state index contributed by atoms with van der Waals surface area (Å²) < 4.78 is 0. The second-order valence-electron chi connectivity index (χ2n) is 4.24. The molecule has 0 saturated heterocycles. The van der Waals surface area contributed by atoms with E-state index in [9.17, 15) is 5.11 Å². The summed E-state index contributed by atoms with van der Waals surface area (Å²) in [5.41, 5.74) is 3.75. The van der Waals surface area contributed by atoms with Gasteiger partial charge in [-0.15, -0.1) is 0 Å². The Bertz CT molecular complexity index is 491. The molecule has 2 aromatic carbocycles. The molecule has 2 rings (SSSR count). The van der Waals surface area contributed by atoms with E-state index in [0.29, 0.717) is 5.75 Å². The van der Waals surface area contributed by atoms with Gasteiger partial charge in [-0.05, 0) is 42.2 Å². The molecule has 88 valence electrons. The number of benzene rings is 2. The molecule has 1 nitrogen and oxygen atoms in total. The highest BCUT2D eigenvalue weighted by molar-refractivity contribution is 7.80. The van der Waals surface area contributed by atoms with E-state index in [1.807, 2.05) is 18.2 Å². The molecule has 0 radical (unpaired) electrons. The van der Waals surface area contributed by atoms with Gasteiger partial charge >= 0.3 is 0 Å². The first-order valence-corrected chi connectivity index (χ1v) is 6.20. The summed E-state index contributed by atoms with van der Waals surface area (Å²) in [6.45, 7) is 2.12. The van der Waals surface area contributed by atoms with Crippen molar-refractivity contribution in [2.24, 2.45) is 0 Å². The van der Waals surface area contributed by atoms with E-state index >= 15 is 0 Å². The molecule has 0 heterocycles. The number of rotatable bonds is 3. The van der Waals surface area contributed by atoms with Crippen molar-refractivity contribution in [1.82, 2.24) is 0 Å². The average molecular weight is 244 g/mol. The summed E-state index contributed by atoms with van der Waals surface area (Å²) in [4.78, 5) is 0. The van der Waals surface area contributed by atoms with Gasteiger partial charge in [0.25, 0.3) is 0 Å². The number of hydrogen-bond donors (Lipinski definition) is 2. The average Bonchev–Trinajstić information content (AvgIpc) is 2.33. The SMILES string of the molecule is Cc1ccccc1CC(S)c1ccc(O)cc1. The summed E-state index contributed by atoms with van der Waals surface area (Å²) in [6.07, 6.45) is 0.903. The molecule has 1 atom stereocenters. The van der Waals surface area contributed by atoms with Crippen LogP contribution in [0.15, 0.2) is 48.5 Å². The summed E-state index contributed by atoms with van der Waals surface area (Å²) >= 11 is 4.63. The first kappa shape index (κ1) is 12.1. The van der Waals surface area contributed by atoms with Gasteiger partial charge in [-0.3, -0.25) is 0 Å². The Balaban J connectivity index is 2.14. The minimum absolute atomic E-state index is 0.164. The second kappa shape index (κ2) is 5.28. The van der Waals surface area contributed by atoms with Crippen LogP contribution >= 0.6 is 12.6 Å². The van der Waals surface area contributed by atoms with Crippen molar-refractivity contribution in [3.63, 3.8) is 0 Å². The van der Waals surface area contributed by atoms with Crippen LogP contribution in [-0.2, 0) is 6.42 Å². The van der Waals surface area contributed by atoms with Crippen LogP contribution in [0.4, 0.5) is 0 Å². The lowest BCUT2D eigenvalue weighted by Crippen LogP contribution is -1.97. The number of hydrogen-bond acceptors (Lipinski definition) is 2. The maximum Gasteiger partial charge on any atom is 0.115 e. The molecule has 0 amide bonds. The van der Waals surface area contributed by atoms with Crippen molar-refractivity contribution in [3.05, 3.63) is 65.2 Å². The Morgan fingerprint density at radius 3 is 2.35 bits per heavy atom. The smallest absolute Gasteiger partial charge is 0.115 e. The van der Waals surface area contributed by atoms with Crippen molar-refractivity contribution in [2.75, 3.05) is 0 Å². The van der Waals surface area contributed by atoms with Crippen molar-refractivity contribution in [2.45, 2.75) is 18.6 Å². The van der Waals surface area contributed by atoms with Gasteiger partial charge in [0.15, 0.2) is 0 Å². The maximum atomic E-state index is 9.25. The molecule has 1 unspecified atom stereocenters.